The molecule has 0 bridgehead atoms. The number of carbonyl (C=O) groups is 1. The fourth-order valence-electron chi connectivity index (χ4n) is 3.65. The van der Waals surface area contributed by atoms with Crippen molar-refractivity contribution >= 4 is 21.6 Å². The number of fused-ring (bicyclic) bond motifs is 1. The van der Waals surface area contributed by atoms with Crippen LogP contribution in [-0.4, -0.2) is 33.0 Å². The molecule has 0 unspecified atom stereocenters. The van der Waals surface area contributed by atoms with E-state index in [-0.39, 0.29) is 35.2 Å². The zero-order chi connectivity index (χ0) is 21.2. The predicted octanol–water partition coefficient (Wildman–Crippen LogP) is 3.44. The van der Waals surface area contributed by atoms with E-state index in [2.05, 4.69) is 5.32 Å². The smallest absolute Gasteiger partial charge is 0.264 e. The third-order valence-electron chi connectivity index (χ3n) is 5.10. The van der Waals surface area contributed by atoms with Crippen LogP contribution < -0.4 is 14.4 Å². The van der Waals surface area contributed by atoms with Gasteiger partial charge in [-0.15, -0.1) is 0 Å². The van der Waals surface area contributed by atoms with Gasteiger partial charge >= 0.3 is 0 Å². The largest absolute Gasteiger partial charge is 0.476 e. The first-order valence-electron chi connectivity index (χ1n) is 9.85. The van der Waals surface area contributed by atoms with Crippen LogP contribution in [0, 0.1) is 11.8 Å². The molecule has 2 aromatic carbocycles. The van der Waals surface area contributed by atoms with Crippen molar-refractivity contribution in [2.75, 3.05) is 10.8 Å². The molecule has 0 aromatic heterocycles. The van der Waals surface area contributed by atoms with Gasteiger partial charge in [0.05, 0.1) is 17.1 Å². The number of hydrogen-bond donors (Lipinski definition) is 1. The molecule has 7 heteroatoms. The Hall–Kier alpha value is -2.54. The number of hydrogen-bond acceptors (Lipinski definition) is 4. The molecule has 3 rings (SSSR count). The minimum Gasteiger partial charge on any atom is -0.476 e. The van der Waals surface area contributed by atoms with Crippen LogP contribution in [0.1, 0.15) is 27.7 Å². The number of sulfonamides is 1. The second-order valence-corrected chi connectivity index (χ2v) is 9.81. The molecule has 0 aliphatic carbocycles. The van der Waals surface area contributed by atoms with E-state index in [4.69, 9.17) is 4.74 Å². The molecular formula is C22H28N2O4S. The summed E-state index contributed by atoms with van der Waals surface area (Å²) >= 11 is 0. The molecule has 6 nitrogen and oxygen atoms in total. The van der Waals surface area contributed by atoms with Crippen molar-refractivity contribution in [3.8, 4) is 5.75 Å². The van der Waals surface area contributed by atoms with Gasteiger partial charge in [-0.05, 0) is 36.1 Å². The van der Waals surface area contributed by atoms with Gasteiger partial charge in [0.25, 0.3) is 15.9 Å². The Bertz CT molecular complexity index is 950. The summed E-state index contributed by atoms with van der Waals surface area (Å²) in [6.07, 6.45) is -0.927. The Labute approximate surface area is 172 Å². The average Bonchev–Trinajstić information content (AvgIpc) is 2.71. The Morgan fingerprint density at radius 2 is 1.59 bits per heavy atom. The monoisotopic (exact) mass is 416 g/mol. The van der Waals surface area contributed by atoms with Gasteiger partial charge in [0.2, 0.25) is 0 Å². The first-order valence-corrected chi connectivity index (χ1v) is 11.3. The van der Waals surface area contributed by atoms with Gasteiger partial charge in [0, 0.05) is 6.04 Å². The molecule has 1 atom stereocenters. The van der Waals surface area contributed by atoms with Gasteiger partial charge in [-0.2, -0.15) is 0 Å². The number of carbonyl (C=O) groups excluding carboxylic acids is 1. The SMILES string of the molecule is CC(C)C(NC(=O)[C@@H]1CN(S(=O)(=O)c2ccccc2)c2ccccc2O1)C(C)C. The normalized spacial score (nSPS) is 16.7. The van der Waals surface area contributed by atoms with Crippen molar-refractivity contribution in [3.63, 3.8) is 0 Å². The summed E-state index contributed by atoms with van der Waals surface area (Å²) in [6.45, 7) is 8.12. The van der Waals surface area contributed by atoms with Gasteiger partial charge in [0.15, 0.2) is 6.10 Å². The van der Waals surface area contributed by atoms with Gasteiger partial charge in [-0.1, -0.05) is 58.0 Å². The van der Waals surface area contributed by atoms with E-state index in [1.54, 1.807) is 54.6 Å². The fourth-order valence-corrected chi connectivity index (χ4v) is 5.14. The molecule has 0 radical (unpaired) electrons. The highest BCUT2D eigenvalue weighted by Gasteiger charge is 2.38. The van der Waals surface area contributed by atoms with Gasteiger partial charge in [-0.25, -0.2) is 8.42 Å². The number of para-hydroxylation sites is 2. The third-order valence-corrected chi connectivity index (χ3v) is 6.90. The summed E-state index contributed by atoms with van der Waals surface area (Å²) in [5.41, 5.74) is 0.435. The zero-order valence-corrected chi connectivity index (χ0v) is 18.0. The maximum atomic E-state index is 13.3. The molecule has 1 amide bonds. The highest BCUT2D eigenvalue weighted by Crippen LogP contribution is 2.36. The molecule has 0 spiro atoms. The van der Waals surface area contributed by atoms with Crippen LogP contribution in [-0.2, 0) is 14.8 Å². The molecule has 0 saturated heterocycles. The molecular weight excluding hydrogens is 388 g/mol. The number of ether oxygens (including phenoxy) is 1. The van der Waals surface area contributed by atoms with Crippen LogP contribution in [0.4, 0.5) is 5.69 Å². The van der Waals surface area contributed by atoms with Gasteiger partial charge < -0.3 is 10.1 Å². The first-order chi connectivity index (χ1) is 13.7. The standard InChI is InChI=1S/C22H28N2O4S/c1-15(2)21(16(3)4)23-22(25)20-14-24(18-12-8-9-13-19(18)28-20)29(26,27)17-10-6-5-7-11-17/h5-13,15-16,20-21H,14H2,1-4H3,(H,23,25)/t20-/m0/s1. The van der Waals surface area contributed by atoms with Crippen LogP contribution >= 0.6 is 0 Å². The number of anilines is 1. The number of nitrogens with one attached hydrogen (secondary N) is 1. The van der Waals surface area contributed by atoms with Crippen molar-refractivity contribution in [1.82, 2.24) is 5.32 Å². The number of benzene rings is 2. The lowest BCUT2D eigenvalue weighted by Crippen LogP contribution is -2.54. The lowest BCUT2D eigenvalue weighted by atomic mass is 9.93. The Morgan fingerprint density at radius 1 is 1.00 bits per heavy atom. The number of amides is 1. The highest BCUT2D eigenvalue weighted by atomic mass is 32.2. The predicted molar refractivity (Wildman–Crippen MR) is 113 cm³/mol. The van der Waals surface area contributed by atoms with E-state index >= 15 is 0 Å². The average molecular weight is 417 g/mol. The van der Waals surface area contributed by atoms with Crippen molar-refractivity contribution in [3.05, 3.63) is 54.6 Å². The van der Waals surface area contributed by atoms with Gasteiger partial charge in [0.1, 0.15) is 5.75 Å². The Kier molecular flexibility index (Phi) is 6.17. The van der Waals surface area contributed by atoms with Crippen LogP contribution in [0.25, 0.3) is 0 Å². The molecule has 1 aliphatic rings. The van der Waals surface area contributed by atoms with E-state index in [1.807, 2.05) is 27.7 Å². The molecule has 1 aliphatic heterocycles. The van der Waals surface area contributed by atoms with Crippen LogP contribution in [0.15, 0.2) is 59.5 Å². The summed E-state index contributed by atoms with van der Waals surface area (Å²) < 4.78 is 33.8. The maximum absolute atomic E-state index is 13.3. The lowest BCUT2D eigenvalue weighted by molar-refractivity contribution is -0.129. The summed E-state index contributed by atoms with van der Waals surface area (Å²) in [5.74, 6) is 0.571. The molecule has 156 valence electrons. The maximum Gasteiger partial charge on any atom is 0.264 e. The minimum atomic E-state index is -3.83. The molecule has 1 heterocycles. The van der Waals surface area contributed by atoms with E-state index in [9.17, 15) is 13.2 Å². The van der Waals surface area contributed by atoms with Gasteiger partial charge in [-0.3, -0.25) is 9.10 Å². The van der Waals surface area contributed by atoms with E-state index in [0.29, 0.717) is 11.4 Å². The second kappa shape index (κ2) is 8.45. The fraction of sp³-hybridized carbons (Fsp3) is 0.409. The quantitative estimate of drug-likeness (QED) is 0.783. The minimum absolute atomic E-state index is 0.0255. The van der Waals surface area contributed by atoms with Crippen molar-refractivity contribution in [2.24, 2.45) is 11.8 Å². The van der Waals surface area contributed by atoms with E-state index < -0.39 is 16.1 Å². The Morgan fingerprint density at radius 3 is 2.21 bits per heavy atom. The van der Waals surface area contributed by atoms with Crippen molar-refractivity contribution in [2.45, 2.75) is 44.7 Å². The van der Waals surface area contributed by atoms with Crippen molar-refractivity contribution in [1.29, 1.82) is 0 Å². The first kappa shape index (κ1) is 21.2. The topological polar surface area (TPSA) is 75.7 Å². The van der Waals surface area contributed by atoms with E-state index in [1.165, 1.54) is 4.31 Å². The Balaban J connectivity index is 1.94. The number of rotatable bonds is 6. The summed E-state index contributed by atoms with van der Waals surface area (Å²) in [4.78, 5) is 13.2. The van der Waals surface area contributed by atoms with Crippen LogP contribution in [0.5, 0.6) is 5.75 Å². The lowest BCUT2D eigenvalue weighted by Gasteiger charge is -2.36. The second-order valence-electron chi connectivity index (χ2n) is 7.95. The molecule has 2 aromatic rings. The van der Waals surface area contributed by atoms with E-state index in [0.717, 1.165) is 0 Å². The van der Waals surface area contributed by atoms with Crippen LogP contribution in [0.2, 0.25) is 0 Å². The molecule has 29 heavy (non-hydrogen) atoms. The third kappa shape index (κ3) is 4.40. The van der Waals surface area contributed by atoms with Crippen LogP contribution in [0.3, 0.4) is 0 Å². The molecule has 1 N–H and O–H groups in total. The number of nitrogens with zero attached hydrogens (tertiary/aromatic N) is 1. The summed E-state index contributed by atoms with van der Waals surface area (Å²) in [6, 6.07) is 15.1. The highest BCUT2D eigenvalue weighted by molar-refractivity contribution is 7.92. The zero-order valence-electron chi connectivity index (χ0n) is 17.2. The summed E-state index contributed by atoms with van der Waals surface area (Å²) in [7, 11) is -3.83. The molecule has 0 fully saturated rings. The molecule has 0 saturated carbocycles. The van der Waals surface area contributed by atoms with Crippen molar-refractivity contribution < 1.29 is 17.9 Å². The summed E-state index contributed by atoms with van der Waals surface area (Å²) in [5, 5.41) is 3.04.